The van der Waals surface area contributed by atoms with Crippen LogP contribution in [0.1, 0.15) is 30.2 Å². The summed E-state index contributed by atoms with van der Waals surface area (Å²) < 4.78 is 202. The van der Waals surface area contributed by atoms with E-state index in [1.165, 1.54) is 12.1 Å². The number of hydrogen-bond donors (Lipinski definition) is 0. The van der Waals surface area contributed by atoms with Gasteiger partial charge in [-0.05, 0) is 84.7 Å². The zero-order chi connectivity index (χ0) is 48.9. The summed E-state index contributed by atoms with van der Waals surface area (Å²) in [5.41, 5.74) is -3.19. The molecule has 0 aliphatic heterocycles. The van der Waals surface area contributed by atoms with Gasteiger partial charge in [0.25, 0.3) is 0 Å². The molecule has 0 bridgehead atoms. The first-order chi connectivity index (χ1) is 31.5. The molecule has 1 aromatic heterocycles. The number of hydrogen-bond acceptors (Lipinski definition) is 1. The smallest absolute Gasteiger partial charge is 0.143 e. The Morgan fingerprint density at radius 3 is 1.60 bits per heavy atom. The van der Waals surface area contributed by atoms with E-state index in [-0.39, 0.29) is 33.2 Å². The Kier molecular flexibility index (Phi) is 2.73. The predicted molar refractivity (Wildman–Crippen MR) is 190 cm³/mol. The van der Waals surface area contributed by atoms with Crippen LogP contribution in [0, 0.1) is 0 Å². The van der Waals surface area contributed by atoms with Crippen LogP contribution in [-0.4, -0.2) is 0 Å². The van der Waals surface area contributed by atoms with Gasteiger partial charge in [-0.25, -0.2) is 0 Å². The summed E-state index contributed by atoms with van der Waals surface area (Å²) in [5, 5.41) is -1.25. The molecular weight excluding hydrogens is 544 g/mol. The molecule has 0 saturated heterocycles. The summed E-state index contributed by atoms with van der Waals surface area (Å²) in [5.74, 6) is 0. The summed E-state index contributed by atoms with van der Waals surface area (Å²) >= 11 is 0. The largest absolute Gasteiger partial charge is 0.455 e. The molecule has 0 radical (unpaired) electrons. The topological polar surface area (TPSA) is 13.1 Å². The molecule has 45 heavy (non-hydrogen) atoms. The molecule has 1 nitrogen and oxygen atoms in total. The predicted octanol–water partition coefficient (Wildman–Crippen LogP) is 12.6. The van der Waals surface area contributed by atoms with Crippen LogP contribution in [-0.2, 0) is 0 Å². The molecule has 0 N–H and O–H groups in total. The average molecular weight is 595 g/mol. The van der Waals surface area contributed by atoms with Crippen LogP contribution in [0.5, 0.6) is 0 Å². The fraction of sp³-hybridized carbons (Fsp3) is 0. The Hall–Kier alpha value is -5.92. The average Bonchev–Trinajstić information content (AvgIpc) is 3.69. The number of para-hydroxylation sites is 1. The molecular formula is C44H28O. The highest BCUT2D eigenvalue weighted by atomic mass is 16.3. The second-order valence-corrected chi connectivity index (χ2v) is 10.00. The van der Waals surface area contributed by atoms with Gasteiger partial charge in [0.2, 0.25) is 0 Å². The van der Waals surface area contributed by atoms with Crippen molar-refractivity contribution < 1.29 is 34.6 Å². The highest BCUT2D eigenvalue weighted by Gasteiger charge is 2.20. The van der Waals surface area contributed by atoms with Crippen LogP contribution in [0.3, 0.4) is 0 Å². The molecule has 0 aliphatic carbocycles. The molecule has 210 valence electrons. The van der Waals surface area contributed by atoms with Crippen molar-refractivity contribution in [1.29, 1.82) is 0 Å². The minimum atomic E-state index is -0.958. The standard InChI is InChI=1S/C44H28O/c1-3-14-29(15-4-1)31-18-13-19-32(26-31)42-35-21-7-9-23-37(35)43(38-24-10-8-22-36(38)42)33-27-39(30-16-5-2-6-17-30)44-40(28-33)34-20-11-12-25-41(34)45-44/h1-28H/i1D,2D,3D,4D,5D,6D,7D,8D,9D,10D,13D,14D,15D,16D,17D,18D,19D,21D,22D,23D,24D,26D. The maximum absolute atomic E-state index is 9.63. The summed E-state index contributed by atoms with van der Waals surface area (Å²) in [4.78, 5) is 0. The van der Waals surface area contributed by atoms with Crippen LogP contribution in [0.25, 0.3) is 88.0 Å². The van der Waals surface area contributed by atoms with Crippen LogP contribution in [0.15, 0.2) is 174 Å². The van der Waals surface area contributed by atoms with Gasteiger partial charge < -0.3 is 4.42 Å². The van der Waals surface area contributed by atoms with E-state index in [4.69, 9.17) is 26.3 Å². The number of furan rings is 1. The Balaban J connectivity index is 1.59. The summed E-state index contributed by atoms with van der Waals surface area (Å²) in [6.07, 6.45) is 0. The molecule has 0 aliphatic rings. The summed E-state index contributed by atoms with van der Waals surface area (Å²) in [7, 11) is 0. The van der Waals surface area contributed by atoms with Crippen molar-refractivity contribution in [2.75, 3.05) is 0 Å². The van der Waals surface area contributed by atoms with Gasteiger partial charge in [0, 0.05) is 16.3 Å². The van der Waals surface area contributed by atoms with Gasteiger partial charge >= 0.3 is 0 Å². The SMILES string of the molecule is [2H]c1c([2H])c([2H])c(-c2c([2H])c([2H])c([2H])c(-c3c4c([2H])c([2H])c([2H])c([2H])c4c(-c4cc(-c5c([2H])c([2H])c([2H])c([2H])c5[2H])c5oc6ccccc6c5c4)c4c([2H])c([2H])c([2H])c([2H])c34)c2[2H])c([2H])c1[2H]. The number of benzene rings is 8. The molecule has 8 aromatic carbocycles. The van der Waals surface area contributed by atoms with E-state index < -0.39 is 177 Å². The third-order valence-corrected chi connectivity index (χ3v) is 7.54. The second kappa shape index (κ2) is 10.4. The van der Waals surface area contributed by atoms with Gasteiger partial charge in [0.05, 0.1) is 30.2 Å². The van der Waals surface area contributed by atoms with E-state index in [1.807, 2.05) is 0 Å². The zero-order valence-corrected chi connectivity index (χ0v) is 22.9. The summed E-state index contributed by atoms with van der Waals surface area (Å²) in [6.45, 7) is 0. The first-order valence-electron chi connectivity index (χ1n) is 24.6. The lowest BCUT2D eigenvalue weighted by Crippen LogP contribution is -1.92. The van der Waals surface area contributed by atoms with E-state index >= 15 is 0 Å². The molecule has 0 atom stereocenters. The van der Waals surface area contributed by atoms with Crippen molar-refractivity contribution in [3.05, 3.63) is 169 Å². The van der Waals surface area contributed by atoms with E-state index in [1.54, 1.807) is 24.3 Å². The van der Waals surface area contributed by atoms with Crippen molar-refractivity contribution >= 4 is 43.5 Å². The fourth-order valence-electron chi connectivity index (χ4n) is 5.67. The van der Waals surface area contributed by atoms with Gasteiger partial charge in [0.1, 0.15) is 11.2 Å². The lowest BCUT2D eigenvalue weighted by atomic mass is 9.84. The molecule has 9 rings (SSSR count). The molecule has 0 saturated carbocycles. The van der Waals surface area contributed by atoms with Gasteiger partial charge in [-0.1, -0.05) is 145 Å². The third-order valence-electron chi connectivity index (χ3n) is 7.54. The first-order valence-corrected chi connectivity index (χ1v) is 13.6. The molecule has 1 heteroatoms. The number of fused-ring (bicyclic) bond motifs is 5. The van der Waals surface area contributed by atoms with Gasteiger partial charge in [-0.3, -0.25) is 0 Å². The van der Waals surface area contributed by atoms with Crippen molar-refractivity contribution in [3.8, 4) is 44.5 Å². The minimum absolute atomic E-state index is 0.0360. The van der Waals surface area contributed by atoms with Gasteiger partial charge in [-0.15, -0.1) is 0 Å². The Bertz CT molecular complexity index is 3640. The molecule has 0 fully saturated rings. The highest BCUT2D eigenvalue weighted by Crippen LogP contribution is 2.47. The minimum Gasteiger partial charge on any atom is -0.455 e. The van der Waals surface area contributed by atoms with Crippen LogP contribution >= 0.6 is 0 Å². The van der Waals surface area contributed by atoms with Crippen molar-refractivity contribution in [3.63, 3.8) is 0 Å². The van der Waals surface area contributed by atoms with E-state index in [9.17, 15) is 8.22 Å². The number of rotatable bonds is 4. The lowest BCUT2D eigenvalue weighted by molar-refractivity contribution is 0.670. The Morgan fingerprint density at radius 2 is 0.933 bits per heavy atom. The Labute approximate surface area is 292 Å². The lowest BCUT2D eigenvalue weighted by Gasteiger charge is -2.19. The fourth-order valence-corrected chi connectivity index (χ4v) is 5.67. The molecule has 0 spiro atoms. The van der Waals surface area contributed by atoms with E-state index in [0.29, 0.717) is 11.0 Å². The highest BCUT2D eigenvalue weighted by molar-refractivity contribution is 6.23. The zero-order valence-electron chi connectivity index (χ0n) is 44.9. The van der Waals surface area contributed by atoms with Crippen LogP contribution < -0.4 is 0 Å². The molecule has 0 amide bonds. The van der Waals surface area contributed by atoms with Crippen molar-refractivity contribution in [2.24, 2.45) is 0 Å². The second-order valence-electron chi connectivity index (χ2n) is 10.00. The first kappa shape index (κ1) is 11.9. The van der Waals surface area contributed by atoms with Crippen molar-refractivity contribution in [2.45, 2.75) is 0 Å². The molecule has 9 aromatic rings. The monoisotopic (exact) mass is 594 g/mol. The third kappa shape index (κ3) is 4.17. The van der Waals surface area contributed by atoms with Gasteiger partial charge in [-0.2, -0.15) is 0 Å². The maximum Gasteiger partial charge on any atom is 0.143 e. The summed E-state index contributed by atoms with van der Waals surface area (Å²) in [6, 6.07) is -8.55. The normalized spacial score (nSPS) is 18.4. The van der Waals surface area contributed by atoms with Gasteiger partial charge in [0.15, 0.2) is 0 Å². The van der Waals surface area contributed by atoms with E-state index in [2.05, 4.69) is 0 Å². The molecule has 1 heterocycles. The van der Waals surface area contributed by atoms with Crippen molar-refractivity contribution in [1.82, 2.24) is 0 Å². The van der Waals surface area contributed by atoms with Crippen LogP contribution in [0.4, 0.5) is 0 Å². The Morgan fingerprint density at radius 1 is 0.400 bits per heavy atom. The maximum atomic E-state index is 9.63. The quantitative estimate of drug-likeness (QED) is 0.185. The molecule has 0 unspecified atom stereocenters. The van der Waals surface area contributed by atoms with Crippen LogP contribution in [0.2, 0.25) is 0 Å². The van der Waals surface area contributed by atoms with E-state index in [0.717, 1.165) is 0 Å².